The number of benzene rings is 1. The molecule has 80 valence electrons. The highest BCUT2D eigenvalue weighted by Gasteiger charge is 2.20. The number of rotatable bonds is 2. The number of halogens is 1. The summed E-state index contributed by atoms with van der Waals surface area (Å²) in [4.78, 5) is 12.6. The number of para-hydroxylation sites is 1. The second kappa shape index (κ2) is 4.43. The third-order valence-electron chi connectivity index (χ3n) is 2.93. The van der Waals surface area contributed by atoms with E-state index in [2.05, 4.69) is 0 Å². The monoisotopic (exact) mass is 207 g/mol. The van der Waals surface area contributed by atoms with Crippen LogP contribution in [0.2, 0.25) is 0 Å². The maximum Gasteiger partial charge on any atom is 0.146 e. The molecule has 0 atom stereocenters. The van der Waals surface area contributed by atoms with Gasteiger partial charge in [-0.05, 0) is 25.0 Å². The van der Waals surface area contributed by atoms with Gasteiger partial charge in [0, 0.05) is 19.0 Å². The molecule has 3 heteroatoms. The number of hydrogen-bond donors (Lipinski definition) is 0. The molecule has 1 heterocycles. The van der Waals surface area contributed by atoms with Crippen molar-refractivity contribution in [2.45, 2.75) is 12.8 Å². The average Bonchev–Trinajstić information content (AvgIpc) is 2.30. The lowest BCUT2D eigenvalue weighted by Crippen LogP contribution is -2.34. The molecule has 1 aromatic carbocycles. The van der Waals surface area contributed by atoms with Gasteiger partial charge in [-0.2, -0.15) is 0 Å². The molecule has 0 spiro atoms. The highest BCUT2D eigenvalue weighted by molar-refractivity contribution is 5.55. The lowest BCUT2D eigenvalue weighted by molar-refractivity contribution is -0.111. The lowest BCUT2D eigenvalue weighted by atomic mass is 9.98. The molecular formula is C12H14FNO. The van der Waals surface area contributed by atoms with Gasteiger partial charge in [0.25, 0.3) is 0 Å². The van der Waals surface area contributed by atoms with Crippen molar-refractivity contribution in [2.75, 3.05) is 18.0 Å². The molecule has 0 radical (unpaired) electrons. The van der Waals surface area contributed by atoms with Gasteiger partial charge in [0.1, 0.15) is 12.1 Å². The van der Waals surface area contributed by atoms with Crippen LogP contribution in [-0.4, -0.2) is 19.4 Å². The molecular weight excluding hydrogens is 193 g/mol. The fourth-order valence-electron chi connectivity index (χ4n) is 1.98. The van der Waals surface area contributed by atoms with Crippen LogP contribution >= 0.6 is 0 Å². The Balaban J connectivity index is 2.07. The maximum absolute atomic E-state index is 13.4. The number of nitrogens with zero attached hydrogens (tertiary/aromatic N) is 1. The van der Waals surface area contributed by atoms with Crippen molar-refractivity contribution in [3.8, 4) is 0 Å². The predicted molar refractivity (Wildman–Crippen MR) is 57.4 cm³/mol. The summed E-state index contributed by atoms with van der Waals surface area (Å²) in [5.74, 6) is -0.0184. The molecule has 0 aliphatic carbocycles. The van der Waals surface area contributed by atoms with Crippen LogP contribution in [0.5, 0.6) is 0 Å². The standard InChI is InChI=1S/C12H14FNO/c13-11-3-1-2-4-12(11)14-7-5-10(9-15)6-8-14/h1-4,9-10H,5-8H2. The summed E-state index contributed by atoms with van der Waals surface area (Å²) in [5, 5.41) is 0. The van der Waals surface area contributed by atoms with E-state index in [0.29, 0.717) is 5.69 Å². The second-order valence-corrected chi connectivity index (χ2v) is 3.91. The number of carbonyl (C=O) groups excluding carboxylic acids is 1. The van der Waals surface area contributed by atoms with Crippen molar-refractivity contribution in [3.05, 3.63) is 30.1 Å². The minimum atomic E-state index is -0.179. The molecule has 1 aliphatic rings. The first-order valence-electron chi connectivity index (χ1n) is 5.26. The summed E-state index contributed by atoms with van der Waals surface area (Å²) in [7, 11) is 0. The van der Waals surface area contributed by atoms with Crippen LogP contribution in [0.3, 0.4) is 0 Å². The zero-order valence-corrected chi connectivity index (χ0v) is 8.53. The fraction of sp³-hybridized carbons (Fsp3) is 0.417. The minimum Gasteiger partial charge on any atom is -0.369 e. The van der Waals surface area contributed by atoms with Crippen LogP contribution in [0.25, 0.3) is 0 Å². The first kappa shape index (κ1) is 10.1. The Morgan fingerprint density at radius 3 is 2.53 bits per heavy atom. The van der Waals surface area contributed by atoms with Gasteiger partial charge in [-0.1, -0.05) is 12.1 Å². The fourth-order valence-corrected chi connectivity index (χ4v) is 1.98. The molecule has 1 saturated heterocycles. The van der Waals surface area contributed by atoms with Gasteiger partial charge in [0.2, 0.25) is 0 Å². The molecule has 0 amide bonds. The van der Waals surface area contributed by atoms with Crippen molar-refractivity contribution in [2.24, 2.45) is 5.92 Å². The van der Waals surface area contributed by atoms with Crippen LogP contribution in [0.4, 0.5) is 10.1 Å². The highest BCUT2D eigenvalue weighted by Crippen LogP contribution is 2.24. The minimum absolute atomic E-state index is 0.160. The number of anilines is 1. The van der Waals surface area contributed by atoms with E-state index in [9.17, 15) is 9.18 Å². The highest BCUT2D eigenvalue weighted by atomic mass is 19.1. The molecule has 1 aromatic rings. The van der Waals surface area contributed by atoms with Crippen LogP contribution in [0, 0.1) is 11.7 Å². The van der Waals surface area contributed by atoms with Crippen LogP contribution in [0.15, 0.2) is 24.3 Å². The number of carbonyl (C=O) groups is 1. The average molecular weight is 207 g/mol. The first-order valence-corrected chi connectivity index (χ1v) is 5.26. The Hall–Kier alpha value is -1.38. The normalized spacial score (nSPS) is 17.8. The van der Waals surface area contributed by atoms with E-state index < -0.39 is 0 Å². The molecule has 0 unspecified atom stereocenters. The van der Waals surface area contributed by atoms with Crippen molar-refractivity contribution in [1.29, 1.82) is 0 Å². The van der Waals surface area contributed by atoms with Gasteiger partial charge in [-0.15, -0.1) is 0 Å². The third-order valence-corrected chi connectivity index (χ3v) is 2.93. The molecule has 2 nitrogen and oxygen atoms in total. The molecule has 0 saturated carbocycles. The third kappa shape index (κ3) is 2.17. The molecule has 15 heavy (non-hydrogen) atoms. The van der Waals surface area contributed by atoms with Gasteiger partial charge < -0.3 is 9.69 Å². The SMILES string of the molecule is O=CC1CCN(c2ccccc2F)CC1. The maximum atomic E-state index is 13.4. The van der Waals surface area contributed by atoms with Gasteiger partial charge >= 0.3 is 0 Å². The summed E-state index contributed by atoms with van der Waals surface area (Å²) >= 11 is 0. The zero-order chi connectivity index (χ0) is 10.7. The molecule has 2 rings (SSSR count). The topological polar surface area (TPSA) is 20.3 Å². The van der Waals surface area contributed by atoms with Crippen LogP contribution < -0.4 is 4.90 Å². The molecule has 0 aromatic heterocycles. The van der Waals surface area contributed by atoms with Crippen molar-refractivity contribution < 1.29 is 9.18 Å². The summed E-state index contributed by atoms with van der Waals surface area (Å²) in [6.45, 7) is 1.54. The predicted octanol–water partition coefficient (Wildman–Crippen LogP) is 2.24. The first-order chi connectivity index (χ1) is 7.31. The van der Waals surface area contributed by atoms with Crippen LogP contribution in [0.1, 0.15) is 12.8 Å². The van der Waals surface area contributed by atoms with E-state index in [1.807, 2.05) is 11.0 Å². The Morgan fingerprint density at radius 1 is 1.27 bits per heavy atom. The Labute approximate surface area is 88.7 Å². The Morgan fingerprint density at radius 2 is 1.93 bits per heavy atom. The van der Waals surface area contributed by atoms with Crippen molar-refractivity contribution >= 4 is 12.0 Å². The second-order valence-electron chi connectivity index (χ2n) is 3.91. The summed E-state index contributed by atoms with van der Waals surface area (Å²) < 4.78 is 13.4. The van der Waals surface area contributed by atoms with Gasteiger partial charge in [0.15, 0.2) is 0 Å². The largest absolute Gasteiger partial charge is 0.369 e. The smallest absolute Gasteiger partial charge is 0.146 e. The Bertz CT molecular complexity index is 345. The van der Waals surface area contributed by atoms with E-state index in [0.717, 1.165) is 32.2 Å². The quantitative estimate of drug-likeness (QED) is 0.693. The number of piperidine rings is 1. The van der Waals surface area contributed by atoms with Crippen molar-refractivity contribution in [1.82, 2.24) is 0 Å². The van der Waals surface area contributed by atoms with Crippen molar-refractivity contribution in [3.63, 3.8) is 0 Å². The number of aldehydes is 1. The molecule has 0 bridgehead atoms. The summed E-state index contributed by atoms with van der Waals surface area (Å²) in [6.07, 6.45) is 2.67. The number of hydrogen-bond acceptors (Lipinski definition) is 2. The van der Waals surface area contributed by atoms with E-state index in [4.69, 9.17) is 0 Å². The van der Waals surface area contributed by atoms with E-state index >= 15 is 0 Å². The van der Waals surface area contributed by atoms with Gasteiger partial charge in [-0.3, -0.25) is 0 Å². The summed E-state index contributed by atoms with van der Waals surface area (Å²) in [5.41, 5.74) is 0.654. The van der Waals surface area contributed by atoms with Gasteiger partial charge in [-0.25, -0.2) is 4.39 Å². The lowest BCUT2D eigenvalue weighted by Gasteiger charge is -2.31. The summed E-state index contributed by atoms with van der Waals surface area (Å²) in [6, 6.07) is 6.79. The molecule has 1 fully saturated rings. The van der Waals surface area contributed by atoms with E-state index in [1.54, 1.807) is 12.1 Å². The molecule has 1 aliphatic heterocycles. The van der Waals surface area contributed by atoms with E-state index in [1.165, 1.54) is 6.07 Å². The van der Waals surface area contributed by atoms with Gasteiger partial charge in [0.05, 0.1) is 5.69 Å². The molecule has 0 N–H and O–H groups in total. The van der Waals surface area contributed by atoms with Crippen LogP contribution in [-0.2, 0) is 4.79 Å². The zero-order valence-electron chi connectivity index (χ0n) is 8.53. The Kier molecular flexibility index (Phi) is 2.99. The van der Waals surface area contributed by atoms with E-state index in [-0.39, 0.29) is 11.7 Å².